The number of aliphatic imine (C=N–C) groups is 1. The molecule has 3 nitrogen and oxygen atoms in total. The first-order chi connectivity index (χ1) is 7.70. The van der Waals surface area contributed by atoms with Gasteiger partial charge in [-0.2, -0.15) is 0 Å². The van der Waals surface area contributed by atoms with E-state index in [1.807, 2.05) is 0 Å². The normalized spacial score (nSPS) is 33.2. The third-order valence-electron chi connectivity index (χ3n) is 3.82. The van der Waals surface area contributed by atoms with Gasteiger partial charge >= 0.3 is 0 Å². The van der Waals surface area contributed by atoms with Crippen molar-refractivity contribution in [3.63, 3.8) is 0 Å². The average molecular weight is 351 g/mol. The molecule has 1 aliphatic heterocycles. The molecule has 0 bridgehead atoms. The van der Waals surface area contributed by atoms with Gasteiger partial charge in [-0.1, -0.05) is 20.3 Å². The smallest absolute Gasteiger partial charge is 0.191 e. The zero-order chi connectivity index (χ0) is 11.5. The number of likely N-dealkylation sites (tertiary alicyclic amines) is 1. The predicted octanol–water partition coefficient (Wildman–Crippen LogP) is 2.84. The summed E-state index contributed by atoms with van der Waals surface area (Å²) in [5.74, 6) is 2.40. The van der Waals surface area contributed by atoms with Crippen LogP contribution in [0.4, 0.5) is 0 Å². The summed E-state index contributed by atoms with van der Waals surface area (Å²) in [6.45, 7) is 6.75. The highest BCUT2D eigenvalue weighted by Gasteiger charge is 2.36. The van der Waals surface area contributed by atoms with E-state index in [4.69, 9.17) is 5.73 Å². The summed E-state index contributed by atoms with van der Waals surface area (Å²) in [5.41, 5.74) is 6.09. The topological polar surface area (TPSA) is 41.6 Å². The minimum Gasteiger partial charge on any atom is -0.370 e. The summed E-state index contributed by atoms with van der Waals surface area (Å²) < 4.78 is 0. The van der Waals surface area contributed by atoms with E-state index in [9.17, 15) is 0 Å². The van der Waals surface area contributed by atoms with Crippen LogP contribution in [0.3, 0.4) is 0 Å². The molecule has 17 heavy (non-hydrogen) atoms. The molecule has 1 heterocycles. The highest BCUT2D eigenvalue weighted by atomic mass is 127. The van der Waals surface area contributed by atoms with Crippen LogP contribution in [0.1, 0.15) is 46.0 Å². The third kappa shape index (κ3) is 4.30. The van der Waals surface area contributed by atoms with Crippen LogP contribution in [0.15, 0.2) is 4.99 Å². The standard InChI is InChI=1S/C13H25N3.HI/c1-3-5-11-8-12(11)15-13(14)16-7-4-6-10(2)9-16;/h10-12H,3-9H2,1-2H3,(H2,14,15);1H. The number of halogens is 1. The van der Waals surface area contributed by atoms with Gasteiger partial charge in [0.25, 0.3) is 0 Å². The van der Waals surface area contributed by atoms with Crippen molar-refractivity contribution in [1.29, 1.82) is 0 Å². The van der Waals surface area contributed by atoms with Crippen LogP contribution in [0, 0.1) is 11.8 Å². The number of nitrogens with zero attached hydrogens (tertiary/aromatic N) is 2. The minimum absolute atomic E-state index is 0. The molecule has 0 aromatic rings. The lowest BCUT2D eigenvalue weighted by Gasteiger charge is -2.31. The molecule has 0 aromatic carbocycles. The fourth-order valence-corrected chi connectivity index (χ4v) is 2.72. The van der Waals surface area contributed by atoms with Crippen molar-refractivity contribution < 1.29 is 0 Å². The van der Waals surface area contributed by atoms with Gasteiger partial charge in [0, 0.05) is 13.1 Å². The molecule has 1 saturated heterocycles. The quantitative estimate of drug-likeness (QED) is 0.483. The second-order valence-corrected chi connectivity index (χ2v) is 5.53. The molecule has 1 saturated carbocycles. The summed E-state index contributed by atoms with van der Waals surface area (Å²) in [6, 6.07) is 0.539. The Morgan fingerprint density at radius 2 is 2.24 bits per heavy atom. The third-order valence-corrected chi connectivity index (χ3v) is 3.82. The Morgan fingerprint density at radius 1 is 1.47 bits per heavy atom. The summed E-state index contributed by atoms with van der Waals surface area (Å²) in [7, 11) is 0. The molecule has 2 fully saturated rings. The van der Waals surface area contributed by atoms with Crippen molar-refractivity contribution in [2.24, 2.45) is 22.6 Å². The number of nitrogens with two attached hydrogens (primary N) is 1. The van der Waals surface area contributed by atoms with Gasteiger partial charge in [0.1, 0.15) is 0 Å². The average Bonchev–Trinajstić information content (AvgIpc) is 2.97. The van der Waals surface area contributed by atoms with E-state index >= 15 is 0 Å². The van der Waals surface area contributed by atoms with Gasteiger partial charge in [0.2, 0.25) is 0 Å². The molecule has 2 N–H and O–H groups in total. The zero-order valence-electron chi connectivity index (χ0n) is 11.1. The minimum atomic E-state index is 0. The van der Waals surface area contributed by atoms with Crippen LogP contribution >= 0.6 is 24.0 Å². The summed E-state index contributed by atoms with van der Waals surface area (Å²) in [4.78, 5) is 6.94. The van der Waals surface area contributed by atoms with Crippen molar-refractivity contribution in [3.8, 4) is 0 Å². The van der Waals surface area contributed by atoms with Crippen molar-refractivity contribution in [3.05, 3.63) is 0 Å². The van der Waals surface area contributed by atoms with Crippen molar-refractivity contribution >= 4 is 29.9 Å². The molecule has 2 rings (SSSR count). The summed E-state index contributed by atoms with van der Waals surface area (Å²) >= 11 is 0. The highest BCUT2D eigenvalue weighted by molar-refractivity contribution is 14.0. The Morgan fingerprint density at radius 3 is 2.88 bits per heavy atom. The van der Waals surface area contributed by atoms with Gasteiger partial charge in [-0.15, -0.1) is 24.0 Å². The number of hydrogen-bond acceptors (Lipinski definition) is 1. The monoisotopic (exact) mass is 351 g/mol. The molecule has 0 aromatic heterocycles. The van der Waals surface area contributed by atoms with Gasteiger partial charge in [-0.05, 0) is 37.5 Å². The molecule has 4 heteroatoms. The van der Waals surface area contributed by atoms with Gasteiger partial charge in [-0.25, -0.2) is 4.99 Å². The lowest BCUT2D eigenvalue weighted by Crippen LogP contribution is -2.43. The van der Waals surface area contributed by atoms with Crippen LogP contribution in [0.2, 0.25) is 0 Å². The van der Waals surface area contributed by atoms with Gasteiger partial charge in [-0.3, -0.25) is 0 Å². The fraction of sp³-hybridized carbons (Fsp3) is 0.923. The highest BCUT2D eigenvalue weighted by Crippen LogP contribution is 2.37. The van der Waals surface area contributed by atoms with Crippen molar-refractivity contribution in [2.45, 2.75) is 52.0 Å². The first-order valence-corrected chi connectivity index (χ1v) is 6.79. The molecular weight excluding hydrogens is 325 g/mol. The molecule has 2 aliphatic rings. The maximum Gasteiger partial charge on any atom is 0.191 e. The van der Waals surface area contributed by atoms with E-state index < -0.39 is 0 Å². The van der Waals surface area contributed by atoms with Gasteiger partial charge in [0.05, 0.1) is 6.04 Å². The molecule has 3 atom stereocenters. The van der Waals surface area contributed by atoms with E-state index in [2.05, 4.69) is 23.7 Å². The Hall–Kier alpha value is 0. The van der Waals surface area contributed by atoms with Crippen molar-refractivity contribution in [2.75, 3.05) is 13.1 Å². The maximum absolute atomic E-state index is 6.09. The SMILES string of the molecule is CCCC1CC1N=C(N)N1CCCC(C)C1.I. The molecule has 0 spiro atoms. The fourth-order valence-electron chi connectivity index (χ4n) is 2.72. The molecular formula is C13H26IN3. The number of hydrogen-bond donors (Lipinski definition) is 1. The van der Waals surface area contributed by atoms with Crippen LogP contribution < -0.4 is 5.73 Å². The second kappa shape index (κ2) is 6.81. The number of guanidine groups is 1. The van der Waals surface area contributed by atoms with Crippen molar-refractivity contribution in [1.82, 2.24) is 4.90 Å². The van der Waals surface area contributed by atoms with E-state index in [1.165, 1.54) is 32.1 Å². The Balaban J connectivity index is 0.00000144. The number of piperidine rings is 1. The second-order valence-electron chi connectivity index (χ2n) is 5.53. The van der Waals surface area contributed by atoms with E-state index in [0.717, 1.165) is 30.9 Å². The molecule has 3 unspecified atom stereocenters. The Kier molecular flexibility index (Phi) is 6.03. The van der Waals surface area contributed by atoms with Crippen LogP contribution in [-0.2, 0) is 0 Å². The molecule has 100 valence electrons. The predicted molar refractivity (Wildman–Crippen MR) is 83.8 cm³/mol. The Bertz CT molecular complexity index is 267. The molecule has 0 radical (unpaired) electrons. The zero-order valence-corrected chi connectivity index (χ0v) is 13.4. The lowest BCUT2D eigenvalue weighted by molar-refractivity contribution is 0.270. The first kappa shape index (κ1) is 15.1. The summed E-state index contributed by atoms with van der Waals surface area (Å²) in [6.07, 6.45) is 6.46. The van der Waals surface area contributed by atoms with Crippen LogP contribution in [-0.4, -0.2) is 30.0 Å². The largest absolute Gasteiger partial charge is 0.370 e. The van der Waals surface area contributed by atoms with Crippen LogP contribution in [0.5, 0.6) is 0 Å². The van der Waals surface area contributed by atoms with E-state index in [0.29, 0.717) is 6.04 Å². The molecule has 0 amide bonds. The Labute approximate surface area is 122 Å². The van der Waals surface area contributed by atoms with Gasteiger partial charge in [0.15, 0.2) is 5.96 Å². The first-order valence-electron chi connectivity index (χ1n) is 6.79. The summed E-state index contributed by atoms with van der Waals surface area (Å²) in [5, 5.41) is 0. The maximum atomic E-state index is 6.09. The van der Waals surface area contributed by atoms with E-state index in [1.54, 1.807) is 0 Å². The molecule has 1 aliphatic carbocycles. The number of rotatable bonds is 3. The lowest BCUT2D eigenvalue weighted by atomic mass is 10.0. The van der Waals surface area contributed by atoms with Gasteiger partial charge < -0.3 is 10.6 Å². The van der Waals surface area contributed by atoms with Crippen LogP contribution in [0.25, 0.3) is 0 Å². The van der Waals surface area contributed by atoms with E-state index in [-0.39, 0.29) is 24.0 Å².